The van der Waals surface area contributed by atoms with Gasteiger partial charge in [-0.25, -0.2) is 0 Å². The van der Waals surface area contributed by atoms with Crippen molar-refractivity contribution >= 4 is 5.69 Å². The Hall–Kier alpha value is -2.36. The summed E-state index contributed by atoms with van der Waals surface area (Å²) in [6.45, 7) is 2.10. The maximum atomic E-state index is 10.8. The van der Waals surface area contributed by atoms with Crippen molar-refractivity contribution in [3.63, 3.8) is 0 Å². The van der Waals surface area contributed by atoms with Gasteiger partial charge in [0.05, 0.1) is 10.5 Å². The number of hydrogen-bond acceptors (Lipinski definition) is 3. The zero-order valence-corrected chi connectivity index (χ0v) is 10.00. The van der Waals surface area contributed by atoms with E-state index >= 15 is 0 Å². The molecule has 0 saturated carbocycles. The highest BCUT2D eigenvalue weighted by Gasteiger charge is 2.13. The monoisotopic (exact) mass is 243 g/mol. The van der Waals surface area contributed by atoms with E-state index in [1.807, 2.05) is 30.3 Å². The van der Waals surface area contributed by atoms with Crippen LogP contribution in [0.1, 0.15) is 11.1 Å². The molecule has 0 spiro atoms. The standard InChI is InChI=1S/C14H13NO3/c1-11-13(15(16)17)8-5-9-14(11)18-10-12-6-3-2-4-7-12/h2-9H,10H2,1H3. The highest BCUT2D eigenvalue weighted by molar-refractivity contribution is 5.48. The molecule has 0 unspecified atom stereocenters. The van der Waals surface area contributed by atoms with Crippen LogP contribution >= 0.6 is 0 Å². The van der Waals surface area contributed by atoms with Crippen molar-refractivity contribution in [2.45, 2.75) is 13.5 Å². The Labute approximate surface area is 105 Å². The van der Waals surface area contributed by atoms with Crippen LogP contribution in [0.3, 0.4) is 0 Å². The van der Waals surface area contributed by atoms with Crippen molar-refractivity contribution in [3.05, 3.63) is 69.8 Å². The van der Waals surface area contributed by atoms with Gasteiger partial charge >= 0.3 is 0 Å². The molecule has 0 saturated heterocycles. The quantitative estimate of drug-likeness (QED) is 0.610. The summed E-state index contributed by atoms with van der Waals surface area (Å²) in [6.07, 6.45) is 0. The SMILES string of the molecule is Cc1c(OCc2ccccc2)cccc1[N+](=O)[O-]. The number of nitro groups is 1. The summed E-state index contributed by atoms with van der Waals surface area (Å²) < 4.78 is 5.61. The second-order valence-corrected chi connectivity index (χ2v) is 3.93. The molecule has 0 aromatic heterocycles. The van der Waals surface area contributed by atoms with Gasteiger partial charge in [-0.1, -0.05) is 36.4 Å². The molecule has 0 aliphatic heterocycles. The van der Waals surface area contributed by atoms with E-state index in [0.29, 0.717) is 17.9 Å². The minimum atomic E-state index is -0.398. The first kappa shape index (κ1) is 12.1. The smallest absolute Gasteiger partial charge is 0.276 e. The molecule has 0 fully saturated rings. The predicted octanol–water partition coefficient (Wildman–Crippen LogP) is 3.48. The molecule has 2 aromatic carbocycles. The average molecular weight is 243 g/mol. The molecule has 0 radical (unpaired) electrons. The lowest BCUT2D eigenvalue weighted by atomic mass is 10.2. The van der Waals surface area contributed by atoms with Gasteiger partial charge in [-0.15, -0.1) is 0 Å². The second kappa shape index (κ2) is 5.31. The molecule has 0 amide bonds. The summed E-state index contributed by atoms with van der Waals surface area (Å²) in [4.78, 5) is 10.4. The molecule has 0 aliphatic rings. The van der Waals surface area contributed by atoms with E-state index in [2.05, 4.69) is 0 Å². The van der Waals surface area contributed by atoms with E-state index in [1.165, 1.54) is 6.07 Å². The molecule has 2 aromatic rings. The summed E-state index contributed by atoms with van der Waals surface area (Å²) in [5.41, 5.74) is 1.67. The fraction of sp³-hybridized carbons (Fsp3) is 0.143. The molecule has 0 aliphatic carbocycles. The van der Waals surface area contributed by atoms with Gasteiger partial charge in [0.15, 0.2) is 0 Å². The number of nitrogens with zero attached hydrogens (tertiary/aromatic N) is 1. The summed E-state index contributed by atoms with van der Waals surface area (Å²) in [5, 5.41) is 10.8. The molecular weight excluding hydrogens is 230 g/mol. The van der Waals surface area contributed by atoms with E-state index in [9.17, 15) is 10.1 Å². The van der Waals surface area contributed by atoms with Gasteiger partial charge in [-0.3, -0.25) is 10.1 Å². The van der Waals surface area contributed by atoms with Gasteiger partial charge in [0.2, 0.25) is 0 Å². The van der Waals surface area contributed by atoms with Crippen LogP contribution in [0, 0.1) is 17.0 Å². The van der Waals surface area contributed by atoms with Crippen LogP contribution in [-0.2, 0) is 6.61 Å². The van der Waals surface area contributed by atoms with Crippen LogP contribution in [0.5, 0.6) is 5.75 Å². The highest BCUT2D eigenvalue weighted by atomic mass is 16.6. The minimum absolute atomic E-state index is 0.0839. The number of benzene rings is 2. The van der Waals surface area contributed by atoms with Crippen LogP contribution in [0.2, 0.25) is 0 Å². The summed E-state index contributed by atoms with van der Waals surface area (Å²) in [6, 6.07) is 14.5. The summed E-state index contributed by atoms with van der Waals surface area (Å²) in [7, 11) is 0. The molecule has 4 nitrogen and oxygen atoms in total. The predicted molar refractivity (Wildman–Crippen MR) is 68.6 cm³/mol. The van der Waals surface area contributed by atoms with E-state index in [4.69, 9.17) is 4.74 Å². The zero-order valence-electron chi connectivity index (χ0n) is 10.00. The molecule has 0 N–H and O–H groups in total. The molecule has 4 heteroatoms. The zero-order chi connectivity index (χ0) is 13.0. The largest absolute Gasteiger partial charge is 0.488 e. The van der Waals surface area contributed by atoms with Crippen molar-refractivity contribution in [1.82, 2.24) is 0 Å². The normalized spacial score (nSPS) is 10.1. The van der Waals surface area contributed by atoms with E-state index in [1.54, 1.807) is 19.1 Å². The molecule has 0 heterocycles. The maximum Gasteiger partial charge on any atom is 0.276 e. The first-order valence-electron chi connectivity index (χ1n) is 5.59. The van der Waals surface area contributed by atoms with Crippen molar-refractivity contribution in [2.75, 3.05) is 0 Å². The van der Waals surface area contributed by atoms with Crippen molar-refractivity contribution in [1.29, 1.82) is 0 Å². The summed E-state index contributed by atoms with van der Waals surface area (Å²) >= 11 is 0. The van der Waals surface area contributed by atoms with E-state index in [0.717, 1.165) is 5.56 Å². The molecular formula is C14H13NO3. The first-order chi connectivity index (χ1) is 8.68. The molecule has 0 atom stereocenters. The Morgan fingerprint density at radius 2 is 1.83 bits per heavy atom. The van der Waals surface area contributed by atoms with Crippen molar-refractivity contribution in [3.8, 4) is 5.75 Å². The van der Waals surface area contributed by atoms with Gasteiger partial charge in [-0.05, 0) is 18.6 Å². The lowest BCUT2D eigenvalue weighted by Gasteiger charge is -2.09. The van der Waals surface area contributed by atoms with Crippen LogP contribution < -0.4 is 4.74 Å². The van der Waals surface area contributed by atoms with E-state index in [-0.39, 0.29) is 5.69 Å². The average Bonchev–Trinajstić information content (AvgIpc) is 2.38. The molecule has 2 rings (SSSR count). The van der Waals surface area contributed by atoms with Crippen molar-refractivity contribution < 1.29 is 9.66 Å². The molecule has 18 heavy (non-hydrogen) atoms. The van der Waals surface area contributed by atoms with Crippen LogP contribution in [0.25, 0.3) is 0 Å². The third-order valence-electron chi connectivity index (χ3n) is 2.69. The fourth-order valence-electron chi connectivity index (χ4n) is 1.69. The number of ether oxygens (including phenoxy) is 1. The lowest BCUT2D eigenvalue weighted by molar-refractivity contribution is -0.385. The minimum Gasteiger partial charge on any atom is -0.488 e. The van der Waals surface area contributed by atoms with Gasteiger partial charge in [0, 0.05) is 6.07 Å². The van der Waals surface area contributed by atoms with Gasteiger partial charge in [-0.2, -0.15) is 0 Å². The molecule has 0 bridgehead atoms. The van der Waals surface area contributed by atoms with E-state index < -0.39 is 4.92 Å². The topological polar surface area (TPSA) is 52.4 Å². The molecule has 92 valence electrons. The Bertz CT molecular complexity index is 552. The Kier molecular flexibility index (Phi) is 3.57. The number of rotatable bonds is 4. The first-order valence-corrected chi connectivity index (χ1v) is 5.59. The van der Waals surface area contributed by atoms with Crippen molar-refractivity contribution in [2.24, 2.45) is 0 Å². The second-order valence-electron chi connectivity index (χ2n) is 3.93. The maximum absolute atomic E-state index is 10.8. The van der Waals surface area contributed by atoms with Crippen LogP contribution in [0.4, 0.5) is 5.69 Å². The van der Waals surface area contributed by atoms with Crippen LogP contribution in [-0.4, -0.2) is 4.92 Å². The highest BCUT2D eigenvalue weighted by Crippen LogP contribution is 2.27. The Morgan fingerprint density at radius 3 is 2.50 bits per heavy atom. The third kappa shape index (κ3) is 2.66. The van der Waals surface area contributed by atoms with Gasteiger partial charge < -0.3 is 4.74 Å². The summed E-state index contributed by atoms with van der Waals surface area (Å²) in [5.74, 6) is 0.549. The number of hydrogen-bond donors (Lipinski definition) is 0. The third-order valence-corrected chi connectivity index (χ3v) is 2.69. The Morgan fingerprint density at radius 1 is 1.11 bits per heavy atom. The Balaban J connectivity index is 2.15. The van der Waals surface area contributed by atoms with Gasteiger partial charge in [0.25, 0.3) is 5.69 Å². The van der Waals surface area contributed by atoms with Gasteiger partial charge in [0.1, 0.15) is 12.4 Å². The lowest BCUT2D eigenvalue weighted by Crippen LogP contribution is -1.99. The number of nitro benzene ring substituents is 1. The van der Waals surface area contributed by atoms with Crippen LogP contribution in [0.15, 0.2) is 48.5 Å². The fourth-order valence-corrected chi connectivity index (χ4v) is 1.69.